The molecule has 10 heavy (non-hydrogen) atoms. The molecule has 0 aliphatic heterocycles. The van der Waals surface area contributed by atoms with Crippen LogP contribution in [0.1, 0.15) is 5.82 Å². The molecule has 0 saturated heterocycles. The van der Waals surface area contributed by atoms with E-state index in [1.165, 1.54) is 11.0 Å². The average molecular weight is 132 g/mol. The van der Waals surface area contributed by atoms with Crippen molar-refractivity contribution in [3.63, 3.8) is 0 Å². The Morgan fingerprint density at radius 3 is 3.10 bits per heavy atom. The lowest BCUT2D eigenvalue weighted by atomic mass is 10.7. The third kappa shape index (κ3) is 1.12. The van der Waals surface area contributed by atoms with E-state index in [0.717, 1.165) is 0 Å². The van der Waals surface area contributed by atoms with Gasteiger partial charge < -0.3 is 0 Å². The van der Waals surface area contributed by atoms with E-state index in [-0.39, 0.29) is 5.82 Å². The summed E-state index contributed by atoms with van der Waals surface area (Å²) in [4.78, 5) is 3.65. The predicted molar refractivity (Wildman–Crippen MR) is 33.6 cm³/mol. The molecule has 1 heterocycles. The molecule has 4 nitrogen and oxygen atoms in total. The van der Waals surface area contributed by atoms with Crippen LogP contribution in [0, 0.1) is 23.7 Å². The third-order valence-electron chi connectivity index (χ3n) is 0.890. The Balaban J connectivity index is 2.83. The molecular formula is C6H4N4. The fraction of sp³-hybridized carbons (Fsp3) is 0.167. The van der Waals surface area contributed by atoms with Crippen molar-refractivity contribution in [2.75, 3.05) is 0 Å². The van der Waals surface area contributed by atoms with Gasteiger partial charge in [-0.25, -0.2) is 9.67 Å². The number of nitrogens with zero attached hydrogens (tertiary/aromatic N) is 4. The maximum atomic E-state index is 8.28. The van der Waals surface area contributed by atoms with Gasteiger partial charge in [-0.2, -0.15) is 5.26 Å². The van der Waals surface area contributed by atoms with Gasteiger partial charge in [-0.1, -0.05) is 5.92 Å². The van der Waals surface area contributed by atoms with Crippen molar-refractivity contribution >= 4 is 0 Å². The molecule has 0 atom stereocenters. The second-order valence-corrected chi connectivity index (χ2v) is 1.58. The van der Waals surface area contributed by atoms with Gasteiger partial charge in [0.2, 0.25) is 0 Å². The number of hydrogen-bond acceptors (Lipinski definition) is 3. The lowest BCUT2D eigenvalue weighted by Crippen LogP contribution is -1.95. The molecule has 1 rings (SSSR count). The normalized spacial score (nSPS) is 8.20. The molecule has 0 amide bonds. The summed E-state index contributed by atoms with van der Waals surface area (Å²) < 4.78 is 1.43. The maximum absolute atomic E-state index is 8.28. The maximum Gasteiger partial charge on any atom is 0.252 e. The number of aromatic nitrogens is 3. The SMILES string of the molecule is C#CCn1cnc(C#N)n1. The van der Waals surface area contributed by atoms with Gasteiger partial charge in [-0.05, 0) is 0 Å². The molecule has 0 radical (unpaired) electrons. The standard InChI is InChI=1S/C6H4N4/c1-2-3-10-5-8-6(4-7)9-10/h1,5H,3H2. The highest BCUT2D eigenvalue weighted by Crippen LogP contribution is 1.84. The molecular weight excluding hydrogens is 128 g/mol. The van der Waals surface area contributed by atoms with Crippen LogP contribution in [0.15, 0.2) is 6.33 Å². The summed E-state index contributed by atoms with van der Waals surface area (Å²) in [5.41, 5.74) is 0. The highest BCUT2D eigenvalue weighted by molar-refractivity contribution is 5.05. The Hall–Kier alpha value is -1.81. The molecule has 0 saturated carbocycles. The fourth-order valence-electron chi connectivity index (χ4n) is 0.516. The molecule has 0 unspecified atom stereocenters. The van der Waals surface area contributed by atoms with Gasteiger partial charge in [-0.3, -0.25) is 0 Å². The minimum atomic E-state index is 0.148. The van der Waals surface area contributed by atoms with E-state index in [2.05, 4.69) is 16.0 Å². The summed E-state index contributed by atoms with van der Waals surface area (Å²) in [7, 11) is 0. The Morgan fingerprint density at radius 1 is 1.80 bits per heavy atom. The minimum Gasteiger partial charge on any atom is -0.240 e. The zero-order valence-corrected chi connectivity index (χ0v) is 5.15. The second kappa shape index (κ2) is 2.65. The van der Waals surface area contributed by atoms with Crippen LogP contribution in [0.2, 0.25) is 0 Å². The van der Waals surface area contributed by atoms with Gasteiger partial charge in [0.15, 0.2) is 0 Å². The van der Waals surface area contributed by atoms with Gasteiger partial charge in [0.1, 0.15) is 18.9 Å². The molecule has 0 aliphatic carbocycles. The highest BCUT2D eigenvalue weighted by Gasteiger charge is 1.94. The van der Waals surface area contributed by atoms with Crippen LogP contribution in [-0.4, -0.2) is 14.8 Å². The summed E-state index contributed by atoms with van der Waals surface area (Å²) in [6.45, 7) is 0.356. The van der Waals surface area contributed by atoms with Crippen molar-refractivity contribution in [1.29, 1.82) is 5.26 Å². The monoisotopic (exact) mass is 132 g/mol. The lowest BCUT2D eigenvalue weighted by molar-refractivity contribution is 0.710. The van der Waals surface area contributed by atoms with Crippen LogP contribution < -0.4 is 0 Å². The van der Waals surface area contributed by atoms with E-state index in [0.29, 0.717) is 6.54 Å². The molecule has 0 aliphatic rings. The van der Waals surface area contributed by atoms with Crippen molar-refractivity contribution < 1.29 is 0 Å². The Labute approximate surface area is 58.1 Å². The molecule has 1 aromatic heterocycles. The first-order chi connectivity index (χ1) is 4.86. The molecule has 1 aromatic rings. The highest BCUT2D eigenvalue weighted by atomic mass is 15.3. The van der Waals surface area contributed by atoms with Crippen LogP contribution in [0.3, 0.4) is 0 Å². The van der Waals surface area contributed by atoms with Crippen LogP contribution >= 0.6 is 0 Å². The molecule has 0 bridgehead atoms. The van der Waals surface area contributed by atoms with E-state index in [9.17, 15) is 0 Å². The molecule has 4 heteroatoms. The molecule has 48 valence electrons. The fourth-order valence-corrected chi connectivity index (χ4v) is 0.516. The van der Waals surface area contributed by atoms with Gasteiger partial charge in [0, 0.05) is 0 Å². The van der Waals surface area contributed by atoms with Crippen molar-refractivity contribution in [3.05, 3.63) is 12.2 Å². The zero-order chi connectivity index (χ0) is 7.40. The molecule has 0 spiro atoms. The van der Waals surface area contributed by atoms with Gasteiger partial charge in [0.05, 0.1) is 0 Å². The first-order valence-corrected chi connectivity index (χ1v) is 2.60. The molecule has 0 N–H and O–H groups in total. The number of rotatable bonds is 1. The Morgan fingerprint density at radius 2 is 2.60 bits per heavy atom. The Kier molecular flexibility index (Phi) is 1.67. The van der Waals surface area contributed by atoms with E-state index >= 15 is 0 Å². The van der Waals surface area contributed by atoms with Gasteiger partial charge in [0.25, 0.3) is 5.82 Å². The van der Waals surface area contributed by atoms with Crippen LogP contribution in [0.25, 0.3) is 0 Å². The summed E-state index contributed by atoms with van der Waals surface area (Å²) >= 11 is 0. The summed E-state index contributed by atoms with van der Waals surface area (Å²) in [5.74, 6) is 2.52. The first kappa shape index (κ1) is 6.31. The molecule has 0 aromatic carbocycles. The lowest BCUT2D eigenvalue weighted by Gasteiger charge is -1.85. The average Bonchev–Trinajstić information content (AvgIpc) is 2.37. The quantitative estimate of drug-likeness (QED) is 0.496. The third-order valence-corrected chi connectivity index (χ3v) is 0.890. The largest absolute Gasteiger partial charge is 0.252 e. The van der Waals surface area contributed by atoms with E-state index in [1.807, 2.05) is 0 Å². The minimum absolute atomic E-state index is 0.148. The zero-order valence-electron chi connectivity index (χ0n) is 5.15. The van der Waals surface area contributed by atoms with Crippen molar-refractivity contribution in [3.8, 4) is 18.4 Å². The Bertz CT molecular complexity index is 298. The predicted octanol–water partition coefficient (Wildman–Crippen LogP) is -0.217. The van der Waals surface area contributed by atoms with Crippen molar-refractivity contribution in [2.45, 2.75) is 6.54 Å². The van der Waals surface area contributed by atoms with Gasteiger partial charge in [-0.15, -0.1) is 11.5 Å². The molecule has 0 fully saturated rings. The summed E-state index contributed by atoms with van der Waals surface area (Å²) in [6, 6.07) is 1.79. The first-order valence-electron chi connectivity index (χ1n) is 2.60. The van der Waals surface area contributed by atoms with Crippen LogP contribution in [0.5, 0.6) is 0 Å². The van der Waals surface area contributed by atoms with Crippen molar-refractivity contribution in [1.82, 2.24) is 14.8 Å². The van der Waals surface area contributed by atoms with E-state index < -0.39 is 0 Å². The second-order valence-electron chi connectivity index (χ2n) is 1.58. The van der Waals surface area contributed by atoms with E-state index in [1.54, 1.807) is 6.07 Å². The van der Waals surface area contributed by atoms with Crippen LogP contribution in [-0.2, 0) is 6.54 Å². The number of hydrogen-bond donors (Lipinski definition) is 0. The smallest absolute Gasteiger partial charge is 0.240 e. The number of nitriles is 1. The summed E-state index contributed by atoms with van der Waals surface area (Å²) in [5, 5.41) is 12.0. The van der Waals surface area contributed by atoms with Gasteiger partial charge >= 0.3 is 0 Å². The number of terminal acetylenes is 1. The summed E-state index contributed by atoms with van der Waals surface area (Å²) in [6.07, 6.45) is 6.42. The topological polar surface area (TPSA) is 54.5 Å². The van der Waals surface area contributed by atoms with E-state index in [4.69, 9.17) is 11.7 Å². The van der Waals surface area contributed by atoms with Crippen molar-refractivity contribution in [2.24, 2.45) is 0 Å². The van der Waals surface area contributed by atoms with Crippen LogP contribution in [0.4, 0.5) is 0 Å².